The minimum absolute atomic E-state index is 0.307. The van der Waals surface area contributed by atoms with Gasteiger partial charge in [0.05, 0.1) is 11.4 Å². The third-order valence-electron chi connectivity index (χ3n) is 2.76. The Morgan fingerprint density at radius 3 is 2.40 bits per heavy atom. The van der Waals surface area contributed by atoms with Crippen LogP contribution in [0.25, 0.3) is 0 Å². The van der Waals surface area contributed by atoms with E-state index in [2.05, 4.69) is 21.2 Å². The molecule has 20 heavy (non-hydrogen) atoms. The van der Waals surface area contributed by atoms with E-state index in [9.17, 15) is 13.6 Å². The molecule has 0 aromatic heterocycles. The minimum atomic E-state index is -0.921. The molecule has 0 aliphatic heterocycles. The third kappa shape index (κ3) is 2.80. The van der Waals surface area contributed by atoms with Gasteiger partial charge in [-0.1, -0.05) is 22.0 Å². The van der Waals surface area contributed by atoms with Gasteiger partial charge in [0.15, 0.2) is 0 Å². The number of carbonyl (C=O) groups excluding carboxylic acids is 1. The first-order valence-corrected chi connectivity index (χ1v) is 6.50. The van der Waals surface area contributed by atoms with E-state index in [1.165, 1.54) is 6.07 Å². The van der Waals surface area contributed by atoms with Crippen molar-refractivity contribution in [1.82, 2.24) is 0 Å². The Morgan fingerprint density at radius 2 is 1.85 bits per heavy atom. The highest BCUT2D eigenvalue weighted by Crippen LogP contribution is 2.28. The van der Waals surface area contributed by atoms with Crippen molar-refractivity contribution in [2.75, 3.05) is 11.1 Å². The second-order valence-electron chi connectivity index (χ2n) is 4.24. The van der Waals surface area contributed by atoms with Gasteiger partial charge in [0, 0.05) is 4.47 Å². The van der Waals surface area contributed by atoms with Gasteiger partial charge in [-0.3, -0.25) is 4.79 Å². The zero-order valence-electron chi connectivity index (χ0n) is 10.5. The normalized spacial score (nSPS) is 10.4. The number of amides is 1. The summed E-state index contributed by atoms with van der Waals surface area (Å²) >= 11 is 3.27. The van der Waals surface area contributed by atoms with Gasteiger partial charge in [-0.25, -0.2) is 8.78 Å². The summed E-state index contributed by atoms with van der Waals surface area (Å²) in [6.45, 7) is 1.73. The van der Waals surface area contributed by atoms with Gasteiger partial charge in [-0.2, -0.15) is 0 Å². The molecule has 0 atom stereocenters. The quantitative estimate of drug-likeness (QED) is 0.815. The summed E-state index contributed by atoms with van der Waals surface area (Å²) in [6.07, 6.45) is 0. The van der Waals surface area contributed by atoms with Crippen molar-refractivity contribution in [2.45, 2.75) is 6.92 Å². The van der Waals surface area contributed by atoms with Crippen molar-refractivity contribution in [3.63, 3.8) is 0 Å². The molecule has 6 heteroatoms. The smallest absolute Gasteiger partial charge is 0.261 e. The largest absolute Gasteiger partial charge is 0.397 e. The molecule has 2 aromatic carbocycles. The van der Waals surface area contributed by atoms with Crippen LogP contribution in [0.4, 0.5) is 20.2 Å². The summed E-state index contributed by atoms with van der Waals surface area (Å²) in [6, 6.07) is 6.58. The van der Waals surface area contributed by atoms with Crippen LogP contribution >= 0.6 is 15.9 Å². The average Bonchev–Trinajstić information content (AvgIpc) is 2.33. The highest BCUT2D eigenvalue weighted by molar-refractivity contribution is 9.10. The number of nitrogens with two attached hydrogens (primary N) is 1. The lowest BCUT2D eigenvalue weighted by Gasteiger charge is -2.12. The molecule has 0 unspecified atom stereocenters. The molecule has 0 aliphatic rings. The summed E-state index contributed by atoms with van der Waals surface area (Å²) in [5, 5.41) is 2.44. The number of halogens is 3. The van der Waals surface area contributed by atoms with E-state index < -0.39 is 23.1 Å². The van der Waals surface area contributed by atoms with Gasteiger partial charge in [0.1, 0.15) is 17.2 Å². The number of benzene rings is 2. The van der Waals surface area contributed by atoms with Crippen LogP contribution in [-0.2, 0) is 0 Å². The number of anilines is 2. The van der Waals surface area contributed by atoms with Crippen LogP contribution in [0.5, 0.6) is 0 Å². The lowest BCUT2D eigenvalue weighted by molar-refractivity contribution is 0.101. The fourth-order valence-corrected chi connectivity index (χ4v) is 2.42. The molecule has 0 fully saturated rings. The van der Waals surface area contributed by atoms with E-state index >= 15 is 0 Å². The van der Waals surface area contributed by atoms with Crippen molar-refractivity contribution in [1.29, 1.82) is 0 Å². The molecule has 0 bridgehead atoms. The van der Waals surface area contributed by atoms with Crippen molar-refractivity contribution < 1.29 is 13.6 Å². The predicted octanol–water partition coefficient (Wildman–Crippen LogP) is 3.87. The Hall–Kier alpha value is -1.95. The highest BCUT2D eigenvalue weighted by Gasteiger charge is 2.18. The second-order valence-corrected chi connectivity index (χ2v) is 5.15. The molecule has 0 radical (unpaired) electrons. The fraction of sp³-hybridized carbons (Fsp3) is 0.0714. The van der Waals surface area contributed by atoms with E-state index in [1.807, 2.05) is 0 Å². The maximum atomic E-state index is 13.5. The van der Waals surface area contributed by atoms with Crippen LogP contribution in [0, 0.1) is 18.6 Å². The summed E-state index contributed by atoms with van der Waals surface area (Å²) in [5.41, 5.74) is 6.49. The molecule has 0 spiro atoms. The van der Waals surface area contributed by atoms with Crippen LogP contribution in [-0.4, -0.2) is 5.91 Å². The van der Waals surface area contributed by atoms with Crippen molar-refractivity contribution in [2.24, 2.45) is 0 Å². The van der Waals surface area contributed by atoms with Crippen LogP contribution in [0.2, 0.25) is 0 Å². The molecule has 3 nitrogen and oxygen atoms in total. The van der Waals surface area contributed by atoms with E-state index in [0.717, 1.165) is 16.6 Å². The second kappa shape index (κ2) is 5.58. The molecule has 0 saturated heterocycles. The molecular formula is C14H11BrF2N2O. The fourth-order valence-electron chi connectivity index (χ4n) is 1.83. The van der Waals surface area contributed by atoms with Gasteiger partial charge < -0.3 is 11.1 Å². The summed E-state index contributed by atoms with van der Waals surface area (Å²) in [5.74, 6) is -2.72. The van der Waals surface area contributed by atoms with Gasteiger partial charge >= 0.3 is 0 Å². The van der Waals surface area contributed by atoms with Crippen molar-refractivity contribution in [3.05, 3.63) is 57.6 Å². The number of nitrogen functional groups attached to an aromatic ring is 1. The van der Waals surface area contributed by atoms with Crippen LogP contribution < -0.4 is 11.1 Å². The Kier molecular flexibility index (Phi) is 4.04. The van der Waals surface area contributed by atoms with Crippen LogP contribution in [0.15, 0.2) is 34.8 Å². The first-order chi connectivity index (χ1) is 9.40. The van der Waals surface area contributed by atoms with Crippen LogP contribution in [0.1, 0.15) is 15.9 Å². The summed E-state index contributed by atoms with van der Waals surface area (Å²) in [7, 11) is 0. The minimum Gasteiger partial charge on any atom is -0.397 e. The van der Waals surface area contributed by atoms with E-state index in [-0.39, 0.29) is 0 Å². The number of carbonyl (C=O) groups is 1. The van der Waals surface area contributed by atoms with Crippen LogP contribution in [0.3, 0.4) is 0 Å². The van der Waals surface area contributed by atoms with E-state index in [1.54, 1.807) is 19.1 Å². The Bertz CT molecular complexity index is 646. The molecule has 1 amide bonds. The first kappa shape index (κ1) is 14.5. The molecule has 104 valence electrons. The lowest BCUT2D eigenvalue weighted by atomic mass is 10.1. The van der Waals surface area contributed by atoms with Gasteiger partial charge in [-0.05, 0) is 36.8 Å². The standard InChI is InChI=1S/C14H11BrF2N2O/c1-7-5-8(15)6-11(18)13(7)19-14(20)12-9(16)3-2-4-10(12)17/h2-6H,18H2,1H3,(H,19,20). The number of nitrogens with one attached hydrogen (secondary N) is 1. The van der Waals surface area contributed by atoms with Crippen molar-refractivity contribution >= 4 is 33.2 Å². The molecule has 0 heterocycles. The zero-order chi connectivity index (χ0) is 14.9. The highest BCUT2D eigenvalue weighted by atomic mass is 79.9. The molecule has 2 aromatic rings. The molecule has 0 aliphatic carbocycles. The number of hydrogen-bond donors (Lipinski definition) is 2. The number of aryl methyl sites for hydroxylation is 1. The molecule has 0 saturated carbocycles. The number of hydrogen-bond acceptors (Lipinski definition) is 2. The van der Waals surface area contributed by atoms with E-state index in [4.69, 9.17) is 5.73 Å². The molecule has 2 rings (SSSR count). The van der Waals surface area contributed by atoms with E-state index in [0.29, 0.717) is 16.9 Å². The first-order valence-electron chi connectivity index (χ1n) is 5.71. The number of rotatable bonds is 2. The third-order valence-corrected chi connectivity index (χ3v) is 3.22. The molecular weight excluding hydrogens is 330 g/mol. The zero-order valence-corrected chi connectivity index (χ0v) is 12.1. The Labute approximate surface area is 122 Å². The monoisotopic (exact) mass is 340 g/mol. The Balaban J connectivity index is 2.38. The van der Waals surface area contributed by atoms with Gasteiger partial charge in [-0.15, -0.1) is 0 Å². The van der Waals surface area contributed by atoms with Gasteiger partial charge in [0.2, 0.25) is 0 Å². The summed E-state index contributed by atoms with van der Waals surface area (Å²) in [4.78, 5) is 12.0. The topological polar surface area (TPSA) is 55.1 Å². The average molecular weight is 341 g/mol. The maximum Gasteiger partial charge on any atom is 0.261 e. The summed E-state index contributed by atoms with van der Waals surface area (Å²) < 4.78 is 27.8. The van der Waals surface area contributed by atoms with Crippen molar-refractivity contribution in [3.8, 4) is 0 Å². The lowest BCUT2D eigenvalue weighted by Crippen LogP contribution is -2.17. The van der Waals surface area contributed by atoms with Gasteiger partial charge in [0.25, 0.3) is 5.91 Å². The SMILES string of the molecule is Cc1cc(Br)cc(N)c1NC(=O)c1c(F)cccc1F. The molecule has 3 N–H and O–H groups in total. The maximum absolute atomic E-state index is 13.5. The predicted molar refractivity (Wildman–Crippen MR) is 77.6 cm³/mol. The Morgan fingerprint density at radius 1 is 1.25 bits per heavy atom.